The highest BCUT2D eigenvalue weighted by Gasteiger charge is 2.60. The Bertz CT molecular complexity index is 1520. The van der Waals surface area contributed by atoms with Crippen LogP contribution < -0.4 is 15.0 Å². The summed E-state index contributed by atoms with van der Waals surface area (Å²) < 4.78 is 11.8. The maximum absolute atomic E-state index is 14.3. The molecule has 0 aliphatic carbocycles. The summed E-state index contributed by atoms with van der Waals surface area (Å²) in [6, 6.07) is 21.9. The quantitative estimate of drug-likeness (QED) is 0.405. The number of methoxy groups -OCH3 is 1. The lowest BCUT2D eigenvalue weighted by atomic mass is 9.83. The van der Waals surface area contributed by atoms with E-state index in [9.17, 15) is 19.5 Å². The lowest BCUT2D eigenvalue weighted by Gasteiger charge is -2.29. The molecule has 2 saturated heterocycles. The molecule has 3 aliphatic rings. The first kappa shape index (κ1) is 28.9. The molecule has 3 aliphatic heterocycles. The van der Waals surface area contributed by atoms with Crippen molar-refractivity contribution < 1.29 is 29.0 Å². The normalized spacial score (nSPS) is 24.4. The van der Waals surface area contributed by atoms with Crippen LogP contribution in [0.25, 0.3) is 0 Å². The summed E-state index contributed by atoms with van der Waals surface area (Å²) in [6.45, 7) is 2.93. The van der Waals surface area contributed by atoms with Gasteiger partial charge in [-0.2, -0.15) is 0 Å². The average Bonchev–Trinajstić information content (AvgIpc) is 3.70. The van der Waals surface area contributed by atoms with E-state index in [0.29, 0.717) is 36.5 Å². The van der Waals surface area contributed by atoms with Gasteiger partial charge in [-0.05, 0) is 67.3 Å². The van der Waals surface area contributed by atoms with Crippen molar-refractivity contribution in [2.24, 2.45) is 5.92 Å². The molecule has 9 nitrogen and oxygen atoms in total. The fourth-order valence-electron chi connectivity index (χ4n) is 6.85. The number of fused-ring (bicyclic) bond motifs is 2. The van der Waals surface area contributed by atoms with Gasteiger partial charge in [0.05, 0.1) is 44.5 Å². The first-order valence-corrected chi connectivity index (χ1v) is 14.9. The number of hydrogen-bond acceptors (Lipinski definition) is 6. The van der Waals surface area contributed by atoms with Crippen LogP contribution in [-0.4, -0.2) is 60.1 Å². The molecule has 9 heteroatoms. The van der Waals surface area contributed by atoms with Gasteiger partial charge >= 0.3 is 0 Å². The van der Waals surface area contributed by atoms with Crippen molar-refractivity contribution in [3.63, 3.8) is 0 Å². The summed E-state index contributed by atoms with van der Waals surface area (Å²) in [5.41, 5.74) is 2.44. The van der Waals surface area contributed by atoms with Crippen LogP contribution in [0.15, 0.2) is 72.8 Å². The highest BCUT2D eigenvalue weighted by atomic mass is 16.5. The number of anilines is 2. The summed E-state index contributed by atoms with van der Waals surface area (Å²) in [7, 11) is 1.58. The molecular weight excluding hydrogens is 546 g/mol. The SMILES string of the molecule is COc1ccc(C(=O)Nc2cccc(CN3C(=O)[C@@]4(O[C@@H](CC(=O)N5CCC[C@H]5CO)C[C@H]4C)c4ccccc43)c2)cc1. The third-order valence-corrected chi connectivity index (χ3v) is 9.01. The minimum atomic E-state index is -1.16. The Labute approximate surface area is 251 Å². The number of carbonyl (C=O) groups excluding carboxylic acids is 3. The van der Waals surface area contributed by atoms with E-state index < -0.39 is 11.7 Å². The van der Waals surface area contributed by atoms with Crippen molar-refractivity contribution in [2.45, 2.75) is 56.9 Å². The summed E-state index contributed by atoms with van der Waals surface area (Å²) in [5.74, 6) is 0.126. The van der Waals surface area contributed by atoms with Gasteiger partial charge in [0.2, 0.25) is 5.91 Å². The standard InChI is InChI=1S/C34H37N3O6/c1-22-17-28(19-31(39)36-16-6-9-26(36)21-38)43-34(22)29-10-3-4-11-30(29)37(33(34)41)20-23-7-5-8-25(18-23)35-32(40)24-12-14-27(42-2)15-13-24/h3-5,7-8,10-15,18,22,26,28,38H,6,9,16-17,19-21H2,1-2H3,(H,35,40)/t22-,26+,28-,34+/m1/s1. The van der Waals surface area contributed by atoms with Gasteiger partial charge < -0.3 is 29.7 Å². The number of rotatable bonds is 8. The molecule has 6 rings (SSSR count). The van der Waals surface area contributed by atoms with Crippen LogP contribution in [0.3, 0.4) is 0 Å². The third kappa shape index (κ3) is 5.28. The molecule has 3 aromatic carbocycles. The maximum atomic E-state index is 14.3. The largest absolute Gasteiger partial charge is 0.497 e. The molecular formula is C34H37N3O6. The van der Waals surface area contributed by atoms with Crippen LogP contribution in [-0.2, 0) is 26.5 Å². The molecule has 0 aromatic heterocycles. The molecule has 0 bridgehead atoms. The average molecular weight is 584 g/mol. The summed E-state index contributed by atoms with van der Waals surface area (Å²) in [5, 5.41) is 12.6. The Morgan fingerprint density at radius 3 is 2.65 bits per heavy atom. The first-order chi connectivity index (χ1) is 20.8. The van der Waals surface area contributed by atoms with Gasteiger partial charge in [0.15, 0.2) is 5.60 Å². The van der Waals surface area contributed by atoms with Crippen LogP contribution >= 0.6 is 0 Å². The Hall–Kier alpha value is -4.21. The van der Waals surface area contributed by atoms with Crippen molar-refractivity contribution in [3.8, 4) is 5.75 Å². The molecule has 43 heavy (non-hydrogen) atoms. The molecule has 2 fully saturated rings. The van der Waals surface area contributed by atoms with Crippen LogP contribution in [0.2, 0.25) is 0 Å². The van der Waals surface area contributed by atoms with E-state index >= 15 is 0 Å². The highest BCUT2D eigenvalue weighted by Crippen LogP contribution is 2.53. The maximum Gasteiger partial charge on any atom is 0.264 e. The minimum absolute atomic E-state index is 0.0325. The number of nitrogens with zero attached hydrogens (tertiary/aromatic N) is 2. The van der Waals surface area contributed by atoms with Crippen molar-refractivity contribution in [1.29, 1.82) is 0 Å². The molecule has 2 N–H and O–H groups in total. The lowest BCUT2D eigenvalue weighted by Crippen LogP contribution is -2.44. The number of benzene rings is 3. The first-order valence-electron chi connectivity index (χ1n) is 14.9. The van der Waals surface area contributed by atoms with Crippen molar-refractivity contribution in [2.75, 3.05) is 30.5 Å². The number of likely N-dealkylation sites (tertiary alicyclic amines) is 1. The van der Waals surface area contributed by atoms with Crippen LogP contribution in [0, 0.1) is 5.92 Å². The molecule has 224 valence electrons. The second-order valence-corrected chi connectivity index (χ2v) is 11.7. The fraction of sp³-hybridized carbons (Fsp3) is 0.382. The number of hydrogen-bond donors (Lipinski definition) is 2. The molecule has 3 heterocycles. The lowest BCUT2D eigenvalue weighted by molar-refractivity contribution is -0.150. The summed E-state index contributed by atoms with van der Waals surface area (Å²) in [6.07, 6.45) is 2.08. The van der Waals surface area contributed by atoms with Gasteiger partial charge in [-0.1, -0.05) is 37.3 Å². The zero-order valence-corrected chi connectivity index (χ0v) is 24.5. The zero-order chi connectivity index (χ0) is 30.1. The van der Waals surface area contributed by atoms with E-state index in [2.05, 4.69) is 5.32 Å². The Balaban J connectivity index is 1.19. The van der Waals surface area contributed by atoms with E-state index in [0.717, 1.165) is 29.7 Å². The van der Waals surface area contributed by atoms with Crippen LogP contribution in [0.4, 0.5) is 11.4 Å². The van der Waals surface area contributed by atoms with Gasteiger partial charge in [-0.3, -0.25) is 14.4 Å². The van der Waals surface area contributed by atoms with E-state index in [-0.39, 0.29) is 42.7 Å². The smallest absolute Gasteiger partial charge is 0.264 e. The third-order valence-electron chi connectivity index (χ3n) is 9.01. The van der Waals surface area contributed by atoms with E-state index in [4.69, 9.17) is 9.47 Å². The number of carbonyl (C=O) groups is 3. The summed E-state index contributed by atoms with van der Waals surface area (Å²) in [4.78, 5) is 43.8. The fourth-order valence-corrected chi connectivity index (χ4v) is 6.85. The molecule has 0 unspecified atom stereocenters. The number of ether oxygens (including phenoxy) is 2. The molecule has 4 atom stereocenters. The summed E-state index contributed by atoms with van der Waals surface area (Å²) >= 11 is 0. The predicted octanol–water partition coefficient (Wildman–Crippen LogP) is 4.49. The molecule has 3 amide bonds. The molecule has 0 saturated carbocycles. The zero-order valence-electron chi connectivity index (χ0n) is 24.5. The highest BCUT2D eigenvalue weighted by molar-refractivity contribution is 6.07. The Kier molecular flexibility index (Phi) is 7.94. The van der Waals surface area contributed by atoms with Crippen LogP contribution in [0.5, 0.6) is 5.75 Å². The monoisotopic (exact) mass is 583 g/mol. The van der Waals surface area contributed by atoms with Crippen LogP contribution in [0.1, 0.15) is 54.1 Å². The van der Waals surface area contributed by atoms with E-state index in [1.165, 1.54) is 0 Å². The second kappa shape index (κ2) is 11.8. The van der Waals surface area contributed by atoms with Gasteiger partial charge in [-0.15, -0.1) is 0 Å². The number of aliphatic hydroxyl groups is 1. The predicted molar refractivity (Wildman–Crippen MR) is 162 cm³/mol. The molecule has 1 spiro atoms. The van der Waals surface area contributed by atoms with Crippen molar-refractivity contribution in [3.05, 3.63) is 89.5 Å². The number of nitrogens with one attached hydrogen (secondary N) is 1. The molecule has 0 radical (unpaired) electrons. The number of aliphatic hydroxyl groups excluding tert-OH is 1. The topological polar surface area (TPSA) is 108 Å². The van der Waals surface area contributed by atoms with Gasteiger partial charge in [-0.25, -0.2) is 0 Å². The second-order valence-electron chi connectivity index (χ2n) is 11.7. The van der Waals surface area contributed by atoms with Gasteiger partial charge in [0.1, 0.15) is 5.75 Å². The Morgan fingerprint density at radius 1 is 1.09 bits per heavy atom. The number of amides is 3. The van der Waals surface area contributed by atoms with Crippen molar-refractivity contribution in [1.82, 2.24) is 4.90 Å². The Morgan fingerprint density at radius 2 is 1.88 bits per heavy atom. The molecule has 3 aromatic rings. The van der Waals surface area contributed by atoms with Gasteiger partial charge in [0, 0.05) is 29.3 Å². The number of para-hydroxylation sites is 1. The van der Waals surface area contributed by atoms with Crippen molar-refractivity contribution >= 4 is 29.1 Å². The van der Waals surface area contributed by atoms with Gasteiger partial charge in [0.25, 0.3) is 11.8 Å². The minimum Gasteiger partial charge on any atom is -0.497 e. The van der Waals surface area contributed by atoms with E-state index in [1.54, 1.807) is 41.2 Å². The van der Waals surface area contributed by atoms with E-state index in [1.807, 2.05) is 55.5 Å².